The molecule has 0 aliphatic rings. The molecule has 0 spiro atoms. The van der Waals surface area contributed by atoms with Gasteiger partial charge in [-0.25, -0.2) is 0 Å². The van der Waals surface area contributed by atoms with E-state index in [9.17, 15) is 5.11 Å². The maximum Gasteiger partial charge on any atom is 0.122 e. The first-order valence-corrected chi connectivity index (χ1v) is 13.6. The quantitative estimate of drug-likeness (QED) is 0.246. The molecule has 1 N–H and O–H groups in total. The Bertz CT molecular complexity index is 462. The van der Waals surface area contributed by atoms with Crippen LogP contribution >= 0.6 is 23.5 Å². The highest BCUT2D eigenvalue weighted by atomic mass is 32.2. The van der Waals surface area contributed by atoms with Crippen molar-refractivity contribution in [3.05, 3.63) is 29.3 Å². The van der Waals surface area contributed by atoms with Gasteiger partial charge in [-0.15, -0.1) is 0 Å². The van der Waals surface area contributed by atoms with Crippen LogP contribution in [0.5, 0.6) is 5.75 Å². The van der Waals surface area contributed by atoms with Gasteiger partial charge in [0.1, 0.15) is 5.75 Å². The fraction of sp³-hybridized carbons (Fsp3) is 0.750. The van der Waals surface area contributed by atoms with Crippen molar-refractivity contribution in [3.8, 4) is 5.75 Å². The van der Waals surface area contributed by atoms with E-state index in [0.29, 0.717) is 5.75 Å². The third kappa shape index (κ3) is 12.7. The Morgan fingerprint density at radius 1 is 0.667 bits per heavy atom. The van der Waals surface area contributed by atoms with Gasteiger partial charge in [0.2, 0.25) is 0 Å². The molecule has 0 saturated heterocycles. The topological polar surface area (TPSA) is 20.2 Å². The number of benzene rings is 1. The highest BCUT2D eigenvalue weighted by Gasteiger charge is 2.07. The van der Waals surface area contributed by atoms with Crippen molar-refractivity contribution in [2.24, 2.45) is 0 Å². The monoisotopic (exact) mass is 410 g/mol. The molecule has 0 saturated carbocycles. The molecule has 0 atom stereocenters. The van der Waals surface area contributed by atoms with Crippen molar-refractivity contribution < 1.29 is 5.11 Å². The fourth-order valence-electron chi connectivity index (χ4n) is 3.23. The SMILES string of the molecule is CCCCCCCCSCCCc1cccc(CSCCCCCC)c1O. The summed E-state index contributed by atoms with van der Waals surface area (Å²) < 4.78 is 0. The van der Waals surface area contributed by atoms with E-state index in [0.717, 1.165) is 23.3 Å². The maximum atomic E-state index is 10.6. The number of unbranched alkanes of at least 4 members (excludes halogenated alkanes) is 8. The van der Waals surface area contributed by atoms with Gasteiger partial charge in [0.05, 0.1) is 0 Å². The number of aromatic hydroxyl groups is 1. The Kier molecular flexibility index (Phi) is 16.3. The van der Waals surface area contributed by atoms with Crippen molar-refractivity contribution in [2.45, 2.75) is 96.7 Å². The van der Waals surface area contributed by atoms with Crippen molar-refractivity contribution in [1.82, 2.24) is 0 Å². The number of hydrogen-bond donors (Lipinski definition) is 1. The highest BCUT2D eigenvalue weighted by Crippen LogP contribution is 2.28. The zero-order valence-corrected chi connectivity index (χ0v) is 19.4. The summed E-state index contributed by atoms with van der Waals surface area (Å²) >= 11 is 4.04. The van der Waals surface area contributed by atoms with E-state index in [2.05, 4.69) is 43.8 Å². The summed E-state index contributed by atoms with van der Waals surface area (Å²) in [5.41, 5.74) is 2.26. The Morgan fingerprint density at radius 2 is 1.22 bits per heavy atom. The Labute approximate surface area is 177 Å². The molecule has 1 aromatic rings. The summed E-state index contributed by atoms with van der Waals surface area (Å²) in [5.74, 6) is 5.22. The lowest BCUT2D eigenvalue weighted by atomic mass is 10.1. The van der Waals surface area contributed by atoms with Gasteiger partial charge in [0.25, 0.3) is 0 Å². The van der Waals surface area contributed by atoms with E-state index in [1.807, 2.05) is 11.8 Å². The molecule has 27 heavy (non-hydrogen) atoms. The maximum absolute atomic E-state index is 10.6. The van der Waals surface area contributed by atoms with Crippen LogP contribution in [0.1, 0.15) is 95.6 Å². The van der Waals surface area contributed by atoms with Gasteiger partial charge in [0, 0.05) is 11.3 Å². The number of phenols is 1. The molecule has 0 amide bonds. The van der Waals surface area contributed by atoms with Crippen molar-refractivity contribution in [2.75, 3.05) is 17.3 Å². The predicted molar refractivity (Wildman–Crippen MR) is 127 cm³/mol. The van der Waals surface area contributed by atoms with Crippen molar-refractivity contribution in [1.29, 1.82) is 0 Å². The summed E-state index contributed by atoms with van der Waals surface area (Å²) in [7, 11) is 0. The summed E-state index contributed by atoms with van der Waals surface area (Å²) in [6.45, 7) is 4.53. The van der Waals surface area contributed by atoms with Gasteiger partial charge < -0.3 is 5.11 Å². The van der Waals surface area contributed by atoms with Crippen molar-refractivity contribution >= 4 is 23.5 Å². The molecule has 0 aliphatic heterocycles. The smallest absolute Gasteiger partial charge is 0.122 e. The largest absolute Gasteiger partial charge is 0.507 e. The van der Waals surface area contributed by atoms with E-state index in [1.165, 1.54) is 87.9 Å². The molecule has 0 radical (unpaired) electrons. The van der Waals surface area contributed by atoms with E-state index in [-0.39, 0.29) is 0 Å². The third-order valence-electron chi connectivity index (χ3n) is 4.98. The standard InChI is InChI=1S/C24H42OS2/c1-3-5-7-9-10-12-18-26-20-14-17-22-15-13-16-23(24(22)25)21-27-19-11-8-6-4-2/h13,15-16,25H,3-12,14,17-21H2,1-2H3. The minimum atomic E-state index is 0.555. The first kappa shape index (κ1) is 24.8. The fourth-order valence-corrected chi connectivity index (χ4v) is 5.19. The Morgan fingerprint density at radius 3 is 1.96 bits per heavy atom. The molecule has 0 aliphatic carbocycles. The van der Waals surface area contributed by atoms with E-state index in [4.69, 9.17) is 0 Å². The van der Waals surface area contributed by atoms with Crippen molar-refractivity contribution in [3.63, 3.8) is 0 Å². The second-order valence-electron chi connectivity index (χ2n) is 7.52. The lowest BCUT2D eigenvalue weighted by Gasteiger charge is -2.10. The molecule has 1 nitrogen and oxygen atoms in total. The minimum absolute atomic E-state index is 0.555. The zero-order valence-electron chi connectivity index (χ0n) is 17.8. The van der Waals surface area contributed by atoms with Gasteiger partial charge in [0.15, 0.2) is 0 Å². The third-order valence-corrected chi connectivity index (χ3v) is 7.23. The van der Waals surface area contributed by atoms with E-state index in [1.54, 1.807) is 0 Å². The van der Waals surface area contributed by atoms with Crippen LogP contribution in [0.15, 0.2) is 18.2 Å². The summed E-state index contributed by atoms with van der Waals surface area (Å²) in [6.07, 6.45) is 15.8. The normalized spacial score (nSPS) is 11.2. The average Bonchev–Trinajstić information content (AvgIpc) is 2.68. The molecule has 1 aromatic carbocycles. The molecule has 0 aromatic heterocycles. The van der Waals surface area contributed by atoms with Crippen LogP contribution in [-0.2, 0) is 12.2 Å². The molecule has 0 bridgehead atoms. The molecule has 156 valence electrons. The molecule has 3 heteroatoms. The molecule has 0 unspecified atom stereocenters. The van der Waals surface area contributed by atoms with E-state index >= 15 is 0 Å². The first-order valence-electron chi connectivity index (χ1n) is 11.2. The number of phenolic OH excluding ortho intramolecular Hbond substituents is 1. The first-order chi connectivity index (χ1) is 13.3. The molecular weight excluding hydrogens is 368 g/mol. The predicted octanol–water partition coefficient (Wildman–Crippen LogP) is 8.23. The number of para-hydroxylation sites is 1. The number of rotatable bonds is 18. The highest BCUT2D eigenvalue weighted by molar-refractivity contribution is 7.99. The second-order valence-corrected chi connectivity index (χ2v) is 9.85. The van der Waals surface area contributed by atoms with Gasteiger partial charge in [-0.3, -0.25) is 0 Å². The Hall–Kier alpha value is -0.280. The van der Waals surface area contributed by atoms with Crippen LogP contribution in [0.2, 0.25) is 0 Å². The van der Waals surface area contributed by atoms with Crippen LogP contribution in [-0.4, -0.2) is 22.4 Å². The molecule has 1 rings (SSSR count). The van der Waals surface area contributed by atoms with Gasteiger partial charge in [-0.05, 0) is 48.5 Å². The lowest BCUT2D eigenvalue weighted by molar-refractivity contribution is 0.463. The number of thioether (sulfide) groups is 2. The molecular formula is C24H42OS2. The summed E-state index contributed by atoms with van der Waals surface area (Å²) in [6, 6.07) is 6.31. The van der Waals surface area contributed by atoms with Gasteiger partial charge >= 0.3 is 0 Å². The van der Waals surface area contributed by atoms with Crippen LogP contribution in [0.25, 0.3) is 0 Å². The van der Waals surface area contributed by atoms with E-state index < -0.39 is 0 Å². The van der Waals surface area contributed by atoms with Crippen LogP contribution < -0.4 is 0 Å². The molecule has 0 fully saturated rings. The summed E-state index contributed by atoms with van der Waals surface area (Å²) in [5, 5.41) is 10.6. The van der Waals surface area contributed by atoms with Gasteiger partial charge in [-0.2, -0.15) is 23.5 Å². The lowest BCUT2D eigenvalue weighted by Crippen LogP contribution is -1.93. The Balaban J connectivity index is 2.13. The second kappa shape index (κ2) is 17.8. The molecule has 0 heterocycles. The minimum Gasteiger partial charge on any atom is -0.507 e. The number of hydrogen-bond acceptors (Lipinski definition) is 3. The van der Waals surface area contributed by atoms with Crippen LogP contribution in [0.4, 0.5) is 0 Å². The number of aryl methyl sites for hydroxylation is 1. The zero-order chi connectivity index (χ0) is 19.6. The van der Waals surface area contributed by atoms with Crippen LogP contribution in [0, 0.1) is 0 Å². The average molecular weight is 411 g/mol. The van der Waals surface area contributed by atoms with Crippen LogP contribution in [0.3, 0.4) is 0 Å². The van der Waals surface area contributed by atoms with Gasteiger partial charge in [-0.1, -0.05) is 83.4 Å². The summed E-state index contributed by atoms with van der Waals surface area (Å²) in [4.78, 5) is 0.